The lowest BCUT2D eigenvalue weighted by Crippen LogP contribution is -2.21. The molecule has 0 radical (unpaired) electrons. The third-order valence-electron chi connectivity index (χ3n) is 3.15. The van der Waals surface area contributed by atoms with E-state index in [2.05, 4.69) is 9.47 Å². The number of hydrogen-bond acceptors (Lipinski definition) is 3. The maximum atomic E-state index is 6.19. The summed E-state index contributed by atoms with van der Waals surface area (Å²) in [6.45, 7) is 0. The molecule has 0 spiro atoms. The molecule has 5 heteroatoms. The van der Waals surface area contributed by atoms with Gasteiger partial charge in [0.1, 0.15) is 0 Å². The van der Waals surface area contributed by atoms with Crippen molar-refractivity contribution in [1.82, 2.24) is 0 Å². The van der Waals surface area contributed by atoms with E-state index in [9.17, 15) is 0 Å². The van der Waals surface area contributed by atoms with Crippen LogP contribution in [-0.2, 0) is 4.31 Å². The maximum absolute atomic E-state index is 6.19. The second-order valence-electron chi connectivity index (χ2n) is 4.75. The Labute approximate surface area is 139 Å². The number of benzene rings is 3. The topological polar surface area (TPSA) is 27.7 Å². The molecule has 0 bridgehead atoms. The van der Waals surface area contributed by atoms with Crippen LogP contribution in [0, 0.1) is 0 Å². The van der Waals surface area contributed by atoms with Gasteiger partial charge in [-0.3, -0.25) is 9.05 Å². The fourth-order valence-electron chi connectivity index (χ4n) is 2.08. The maximum Gasteiger partial charge on any atom is 0.538 e. The fraction of sp³-hybridized carbons (Fsp3) is 0. The highest BCUT2D eigenvalue weighted by atomic mass is 31.2. The van der Waals surface area contributed by atoms with Crippen molar-refractivity contribution in [2.24, 2.45) is 0 Å². The average molecular weight is 343 g/mol. The molecule has 0 saturated carbocycles. The highest BCUT2D eigenvalue weighted by molar-refractivity contribution is 7.72. The van der Waals surface area contributed by atoms with Gasteiger partial charge in [0.15, 0.2) is 11.5 Å². The average Bonchev–Trinajstić information content (AvgIpc) is 2.63. The molecule has 0 amide bonds. The Kier molecular flexibility index (Phi) is 5.25. The molecule has 0 N–H and O–H groups in total. The molecular formula is C18H17O3P2+. The lowest BCUT2D eigenvalue weighted by molar-refractivity contribution is 0.390. The zero-order chi connectivity index (χ0) is 16.0. The van der Waals surface area contributed by atoms with Gasteiger partial charge >= 0.3 is 7.94 Å². The number of rotatable bonds is 6. The van der Waals surface area contributed by atoms with E-state index < -0.39 is 7.94 Å². The van der Waals surface area contributed by atoms with E-state index >= 15 is 0 Å². The smallest absolute Gasteiger partial charge is 0.274 e. The summed E-state index contributed by atoms with van der Waals surface area (Å²) in [5.41, 5.74) is 0. The third-order valence-corrected chi connectivity index (χ3v) is 6.09. The van der Waals surface area contributed by atoms with Gasteiger partial charge in [0.05, 0.1) is 9.47 Å². The van der Waals surface area contributed by atoms with Crippen LogP contribution in [0.15, 0.2) is 91.0 Å². The van der Waals surface area contributed by atoms with Gasteiger partial charge in [-0.2, -0.15) is 0 Å². The summed E-state index contributed by atoms with van der Waals surface area (Å²) in [5.74, 6) is 1.39. The van der Waals surface area contributed by atoms with E-state index in [0.717, 1.165) is 5.30 Å². The first-order chi connectivity index (χ1) is 11.3. The van der Waals surface area contributed by atoms with E-state index in [1.54, 1.807) is 0 Å². The monoisotopic (exact) mass is 343 g/mol. The molecular weight excluding hydrogens is 326 g/mol. The van der Waals surface area contributed by atoms with Crippen LogP contribution < -0.4 is 14.4 Å². The number of para-hydroxylation sites is 2. The van der Waals surface area contributed by atoms with Crippen molar-refractivity contribution in [2.75, 3.05) is 0 Å². The van der Waals surface area contributed by atoms with Crippen molar-refractivity contribution in [3.05, 3.63) is 91.0 Å². The lowest BCUT2D eigenvalue weighted by Gasteiger charge is -2.20. The standard InChI is InChI=1S/C18H17O3P2/c22-21-23(18-14-8-3-9-15-18,19-16-10-4-1-5-11-16)20-17-12-6-2-7-13-17/h1-15H,22H2/q+1. The van der Waals surface area contributed by atoms with Gasteiger partial charge in [0.25, 0.3) is 0 Å². The van der Waals surface area contributed by atoms with Crippen LogP contribution in [0.2, 0.25) is 0 Å². The summed E-state index contributed by atoms with van der Waals surface area (Å²) in [6, 6.07) is 28.8. The molecule has 0 aliphatic heterocycles. The molecule has 0 aliphatic carbocycles. The molecule has 0 aromatic heterocycles. The molecule has 0 heterocycles. The summed E-state index contributed by atoms with van der Waals surface area (Å²) in [4.78, 5) is 0. The van der Waals surface area contributed by atoms with Gasteiger partial charge in [-0.05, 0) is 36.4 Å². The molecule has 3 nitrogen and oxygen atoms in total. The summed E-state index contributed by atoms with van der Waals surface area (Å²) < 4.78 is 18.1. The first-order valence-electron chi connectivity index (χ1n) is 7.15. The van der Waals surface area contributed by atoms with Crippen molar-refractivity contribution in [2.45, 2.75) is 0 Å². The fourth-order valence-corrected chi connectivity index (χ4v) is 4.49. The van der Waals surface area contributed by atoms with Gasteiger partial charge in [-0.15, -0.1) is 4.31 Å². The molecule has 3 aromatic rings. The van der Waals surface area contributed by atoms with Crippen LogP contribution in [0.1, 0.15) is 0 Å². The molecule has 23 heavy (non-hydrogen) atoms. The Morgan fingerprint density at radius 2 is 0.957 bits per heavy atom. The van der Waals surface area contributed by atoms with Gasteiger partial charge in [-0.1, -0.05) is 54.6 Å². The van der Waals surface area contributed by atoms with Gasteiger partial charge in [0, 0.05) is 0 Å². The van der Waals surface area contributed by atoms with E-state index in [1.807, 2.05) is 91.0 Å². The first kappa shape index (κ1) is 16.0. The normalized spacial score (nSPS) is 11.0. The van der Waals surface area contributed by atoms with Crippen LogP contribution in [0.25, 0.3) is 0 Å². The largest absolute Gasteiger partial charge is 0.538 e. The molecule has 116 valence electrons. The molecule has 1 unspecified atom stereocenters. The minimum atomic E-state index is -2.81. The predicted molar refractivity (Wildman–Crippen MR) is 97.9 cm³/mol. The quantitative estimate of drug-likeness (QED) is 0.587. The Morgan fingerprint density at radius 3 is 1.35 bits per heavy atom. The van der Waals surface area contributed by atoms with E-state index in [4.69, 9.17) is 13.4 Å². The van der Waals surface area contributed by atoms with Crippen LogP contribution in [0.3, 0.4) is 0 Å². The molecule has 3 aromatic carbocycles. The minimum Gasteiger partial charge on any atom is -0.274 e. The Morgan fingerprint density at radius 1 is 0.565 bits per heavy atom. The molecule has 3 rings (SSSR count). The van der Waals surface area contributed by atoms with Crippen LogP contribution >= 0.6 is 17.4 Å². The summed E-state index contributed by atoms with van der Waals surface area (Å²) in [6.07, 6.45) is 0. The van der Waals surface area contributed by atoms with E-state index in [0.29, 0.717) is 11.5 Å². The molecule has 0 fully saturated rings. The minimum absolute atomic E-state index is 0.697. The van der Waals surface area contributed by atoms with Gasteiger partial charge in [0.2, 0.25) is 5.30 Å². The van der Waals surface area contributed by atoms with Crippen molar-refractivity contribution in [3.63, 3.8) is 0 Å². The van der Waals surface area contributed by atoms with E-state index in [-0.39, 0.29) is 0 Å². The molecule has 1 atom stereocenters. The number of hydrogen-bond donors (Lipinski definition) is 0. The Bertz CT molecular complexity index is 680. The third kappa shape index (κ3) is 3.89. The summed E-state index contributed by atoms with van der Waals surface area (Å²) in [7, 11) is -0.523. The second-order valence-corrected chi connectivity index (χ2v) is 7.47. The zero-order valence-corrected chi connectivity index (χ0v) is 14.5. The Balaban J connectivity index is 2.00. The first-order valence-corrected chi connectivity index (χ1v) is 9.16. The Hall–Kier alpha value is -1.92. The van der Waals surface area contributed by atoms with Crippen LogP contribution in [-0.4, -0.2) is 0 Å². The molecule has 0 saturated heterocycles. The van der Waals surface area contributed by atoms with Crippen molar-refractivity contribution in [1.29, 1.82) is 0 Å². The SMILES string of the molecule is PO[P+](Oc1ccccc1)(Oc1ccccc1)c1ccccc1. The van der Waals surface area contributed by atoms with Crippen LogP contribution in [0.4, 0.5) is 0 Å². The zero-order valence-electron chi connectivity index (χ0n) is 12.4. The van der Waals surface area contributed by atoms with Crippen molar-refractivity contribution in [3.8, 4) is 11.5 Å². The highest BCUT2D eigenvalue weighted by Crippen LogP contribution is 2.61. The lowest BCUT2D eigenvalue weighted by atomic mass is 10.3. The second kappa shape index (κ2) is 7.57. The van der Waals surface area contributed by atoms with Crippen molar-refractivity contribution < 1.29 is 13.4 Å². The summed E-state index contributed by atoms with van der Waals surface area (Å²) >= 11 is 0. The van der Waals surface area contributed by atoms with Crippen LogP contribution in [0.5, 0.6) is 11.5 Å². The molecule has 0 aliphatic rings. The van der Waals surface area contributed by atoms with E-state index in [1.165, 1.54) is 0 Å². The summed E-state index contributed by atoms with van der Waals surface area (Å²) in [5, 5.41) is 0.864. The predicted octanol–water partition coefficient (Wildman–Crippen LogP) is 5.04. The van der Waals surface area contributed by atoms with Crippen molar-refractivity contribution >= 4 is 22.7 Å². The highest BCUT2D eigenvalue weighted by Gasteiger charge is 2.50. The van der Waals surface area contributed by atoms with Gasteiger partial charge < -0.3 is 0 Å². The van der Waals surface area contributed by atoms with Gasteiger partial charge in [-0.25, -0.2) is 0 Å².